The van der Waals surface area contributed by atoms with Crippen LogP contribution in [0.5, 0.6) is 0 Å². The summed E-state index contributed by atoms with van der Waals surface area (Å²) in [5, 5.41) is 11.5. The van der Waals surface area contributed by atoms with Crippen LogP contribution in [-0.2, 0) is 4.79 Å². The van der Waals surface area contributed by atoms with E-state index in [-0.39, 0.29) is 11.8 Å². The van der Waals surface area contributed by atoms with Gasteiger partial charge in [0.05, 0.1) is 0 Å². The van der Waals surface area contributed by atoms with Gasteiger partial charge in [0.15, 0.2) is 5.82 Å². The highest BCUT2D eigenvalue weighted by molar-refractivity contribution is 5.78. The van der Waals surface area contributed by atoms with E-state index < -0.39 is 0 Å². The van der Waals surface area contributed by atoms with Crippen LogP contribution in [0, 0.1) is 5.92 Å². The molecular formula is C17H23N5O. The van der Waals surface area contributed by atoms with Crippen LogP contribution < -0.4 is 11.1 Å². The van der Waals surface area contributed by atoms with Gasteiger partial charge in [0.2, 0.25) is 5.91 Å². The van der Waals surface area contributed by atoms with Gasteiger partial charge in [-0.2, -0.15) is 0 Å². The molecule has 1 aromatic heterocycles. The van der Waals surface area contributed by atoms with Crippen molar-refractivity contribution in [1.82, 2.24) is 20.5 Å². The third-order valence-electron chi connectivity index (χ3n) is 4.48. The van der Waals surface area contributed by atoms with Crippen LogP contribution in [0.2, 0.25) is 0 Å². The molecule has 0 radical (unpaired) electrons. The van der Waals surface area contributed by atoms with Gasteiger partial charge >= 0.3 is 0 Å². The molecule has 0 atom stereocenters. The van der Waals surface area contributed by atoms with Gasteiger partial charge in [0.25, 0.3) is 0 Å². The normalized spacial score (nSPS) is 21.1. The highest BCUT2D eigenvalue weighted by Crippen LogP contribution is 2.34. The van der Waals surface area contributed by atoms with Gasteiger partial charge < -0.3 is 16.0 Å². The number of benzene rings is 1. The molecule has 0 saturated heterocycles. The first-order valence-electron chi connectivity index (χ1n) is 8.23. The number of rotatable bonds is 5. The number of hydrogen-bond donors (Lipinski definition) is 3. The summed E-state index contributed by atoms with van der Waals surface area (Å²) in [5.41, 5.74) is 6.46. The Labute approximate surface area is 135 Å². The van der Waals surface area contributed by atoms with Gasteiger partial charge in [-0.25, -0.2) is 0 Å². The Morgan fingerprint density at radius 2 is 1.91 bits per heavy atom. The van der Waals surface area contributed by atoms with Crippen molar-refractivity contribution in [2.75, 3.05) is 13.1 Å². The molecule has 3 rings (SSSR count). The number of carbonyl (C=O) groups excluding carboxylic acids is 1. The van der Waals surface area contributed by atoms with Crippen molar-refractivity contribution in [1.29, 1.82) is 0 Å². The quantitative estimate of drug-likeness (QED) is 0.784. The van der Waals surface area contributed by atoms with Gasteiger partial charge in [-0.1, -0.05) is 30.3 Å². The first-order valence-corrected chi connectivity index (χ1v) is 8.23. The molecule has 6 nitrogen and oxygen atoms in total. The first kappa shape index (κ1) is 15.7. The summed E-state index contributed by atoms with van der Waals surface area (Å²) in [6.07, 6.45) is 3.71. The summed E-state index contributed by atoms with van der Waals surface area (Å²) in [7, 11) is 0. The molecular weight excluding hydrogens is 290 g/mol. The summed E-state index contributed by atoms with van der Waals surface area (Å²) in [4.78, 5) is 15.3. The molecule has 23 heavy (non-hydrogen) atoms. The Morgan fingerprint density at radius 3 is 2.61 bits per heavy atom. The molecule has 0 unspecified atom stereocenters. The molecule has 1 aromatic carbocycles. The molecule has 6 heteroatoms. The zero-order chi connectivity index (χ0) is 16.1. The highest BCUT2D eigenvalue weighted by atomic mass is 16.1. The number of H-pyrrole nitrogens is 1. The third kappa shape index (κ3) is 3.76. The lowest BCUT2D eigenvalue weighted by Gasteiger charge is -2.26. The third-order valence-corrected chi connectivity index (χ3v) is 4.48. The van der Waals surface area contributed by atoms with Crippen molar-refractivity contribution < 1.29 is 4.79 Å². The first-order chi connectivity index (χ1) is 11.3. The van der Waals surface area contributed by atoms with Crippen molar-refractivity contribution in [3.63, 3.8) is 0 Å². The van der Waals surface area contributed by atoms with Gasteiger partial charge in [0.1, 0.15) is 5.82 Å². The molecule has 2 aromatic rings. The average Bonchev–Trinajstić information content (AvgIpc) is 3.11. The van der Waals surface area contributed by atoms with Gasteiger partial charge in [-0.3, -0.25) is 4.79 Å². The van der Waals surface area contributed by atoms with Gasteiger partial charge in [0, 0.05) is 30.5 Å². The summed E-state index contributed by atoms with van der Waals surface area (Å²) >= 11 is 0. The van der Waals surface area contributed by atoms with Crippen LogP contribution in [0.4, 0.5) is 0 Å². The molecule has 0 spiro atoms. The lowest BCUT2D eigenvalue weighted by molar-refractivity contribution is -0.125. The fourth-order valence-electron chi connectivity index (χ4n) is 3.15. The van der Waals surface area contributed by atoms with Crippen molar-refractivity contribution in [2.24, 2.45) is 11.7 Å². The van der Waals surface area contributed by atoms with E-state index in [9.17, 15) is 4.79 Å². The summed E-state index contributed by atoms with van der Waals surface area (Å²) in [5.74, 6) is 2.34. The molecule has 1 heterocycles. The Kier molecular flexibility index (Phi) is 5.02. The topological polar surface area (TPSA) is 96.7 Å². The van der Waals surface area contributed by atoms with E-state index in [0.717, 1.165) is 42.9 Å². The predicted octanol–water partition coefficient (Wildman–Crippen LogP) is 1.82. The van der Waals surface area contributed by atoms with Crippen LogP contribution in [0.25, 0.3) is 11.4 Å². The lowest BCUT2D eigenvalue weighted by atomic mass is 9.81. The van der Waals surface area contributed by atoms with E-state index in [1.807, 2.05) is 30.3 Å². The average molecular weight is 313 g/mol. The minimum atomic E-state index is 0.106. The zero-order valence-electron chi connectivity index (χ0n) is 13.2. The second kappa shape index (κ2) is 7.37. The second-order valence-electron chi connectivity index (χ2n) is 6.05. The molecule has 1 aliphatic carbocycles. The van der Waals surface area contributed by atoms with E-state index in [1.165, 1.54) is 0 Å². The maximum absolute atomic E-state index is 12.0. The largest absolute Gasteiger partial charge is 0.355 e. The van der Waals surface area contributed by atoms with Crippen molar-refractivity contribution >= 4 is 5.91 Å². The zero-order valence-corrected chi connectivity index (χ0v) is 13.2. The minimum absolute atomic E-state index is 0.106. The molecule has 0 aliphatic heterocycles. The van der Waals surface area contributed by atoms with Crippen LogP contribution >= 0.6 is 0 Å². The van der Waals surface area contributed by atoms with E-state index in [2.05, 4.69) is 20.5 Å². The summed E-state index contributed by atoms with van der Waals surface area (Å²) in [6.45, 7) is 1.04. The monoisotopic (exact) mass is 313 g/mol. The predicted molar refractivity (Wildman–Crippen MR) is 88.6 cm³/mol. The number of carbonyl (C=O) groups is 1. The van der Waals surface area contributed by atoms with Crippen molar-refractivity contribution in [3.05, 3.63) is 36.2 Å². The van der Waals surface area contributed by atoms with Crippen LogP contribution in [0.1, 0.15) is 37.4 Å². The molecule has 1 fully saturated rings. The van der Waals surface area contributed by atoms with Gasteiger partial charge in [-0.05, 0) is 25.7 Å². The van der Waals surface area contributed by atoms with Crippen LogP contribution in [0.3, 0.4) is 0 Å². The van der Waals surface area contributed by atoms with E-state index in [1.54, 1.807) is 0 Å². The van der Waals surface area contributed by atoms with E-state index >= 15 is 0 Å². The summed E-state index contributed by atoms with van der Waals surface area (Å²) in [6, 6.07) is 10.00. The number of aromatic amines is 1. The second-order valence-corrected chi connectivity index (χ2v) is 6.05. The number of aromatic nitrogens is 3. The SMILES string of the molecule is NCCNC(=O)[C@H]1CC[C@H](c2nnc(-c3ccccc3)[nH]2)CC1. The maximum Gasteiger partial charge on any atom is 0.223 e. The molecule has 1 amide bonds. The Bertz CT molecular complexity index is 631. The van der Waals surface area contributed by atoms with Crippen molar-refractivity contribution in [3.8, 4) is 11.4 Å². The molecule has 122 valence electrons. The van der Waals surface area contributed by atoms with Crippen LogP contribution in [-0.4, -0.2) is 34.2 Å². The maximum atomic E-state index is 12.0. The van der Waals surface area contributed by atoms with Crippen molar-refractivity contribution in [2.45, 2.75) is 31.6 Å². The number of amides is 1. The van der Waals surface area contributed by atoms with Crippen LogP contribution in [0.15, 0.2) is 30.3 Å². The standard InChI is InChI=1S/C17H23N5O/c18-10-11-19-17(23)14-8-6-13(7-9-14)16-20-15(21-22-16)12-4-2-1-3-5-12/h1-5,13-14H,6-11,18H2,(H,19,23)(H,20,21,22)/t13-,14-. The highest BCUT2D eigenvalue weighted by Gasteiger charge is 2.28. The Balaban J connectivity index is 1.58. The molecule has 4 N–H and O–H groups in total. The molecule has 0 bridgehead atoms. The fourth-order valence-corrected chi connectivity index (χ4v) is 3.15. The molecule has 1 saturated carbocycles. The minimum Gasteiger partial charge on any atom is -0.355 e. The fraction of sp³-hybridized carbons (Fsp3) is 0.471. The smallest absolute Gasteiger partial charge is 0.223 e. The number of hydrogen-bond acceptors (Lipinski definition) is 4. The van der Waals surface area contributed by atoms with E-state index in [0.29, 0.717) is 19.0 Å². The number of nitrogens with one attached hydrogen (secondary N) is 2. The molecule has 1 aliphatic rings. The van der Waals surface area contributed by atoms with Gasteiger partial charge in [-0.15, -0.1) is 10.2 Å². The number of nitrogens with zero attached hydrogens (tertiary/aromatic N) is 2. The van der Waals surface area contributed by atoms with E-state index in [4.69, 9.17) is 5.73 Å². The lowest BCUT2D eigenvalue weighted by Crippen LogP contribution is -2.35. The Morgan fingerprint density at radius 1 is 1.17 bits per heavy atom. The summed E-state index contributed by atoms with van der Waals surface area (Å²) < 4.78 is 0. The number of nitrogens with two attached hydrogens (primary N) is 1. The Hall–Kier alpha value is -2.21.